The van der Waals surface area contributed by atoms with Crippen LogP contribution in [-0.4, -0.2) is 17.1 Å². The first-order chi connectivity index (χ1) is 7.00. The Morgan fingerprint density at radius 2 is 2.27 bits per heavy atom. The largest absolute Gasteiger partial charge is 0.397 e. The highest BCUT2D eigenvalue weighted by Crippen LogP contribution is 2.36. The summed E-state index contributed by atoms with van der Waals surface area (Å²) in [5, 5.41) is 0.643. The molecule has 1 aliphatic heterocycles. The van der Waals surface area contributed by atoms with E-state index in [1.807, 2.05) is 0 Å². The van der Waals surface area contributed by atoms with Crippen LogP contribution in [0.1, 0.15) is 26.7 Å². The van der Waals surface area contributed by atoms with E-state index >= 15 is 0 Å². The maximum Gasteiger partial charge on any atom is 0.147 e. The third kappa shape index (κ3) is 1.88. The molecule has 2 rings (SSSR count). The fourth-order valence-electron chi connectivity index (χ4n) is 2.14. The molecule has 1 aromatic rings. The number of aromatic nitrogens is 1. The van der Waals surface area contributed by atoms with Gasteiger partial charge in [0.25, 0.3) is 0 Å². The number of hydrogen-bond acceptors (Lipinski definition) is 3. The third-order valence-corrected chi connectivity index (χ3v) is 3.28. The van der Waals surface area contributed by atoms with Crippen LogP contribution in [-0.2, 0) is 0 Å². The zero-order valence-corrected chi connectivity index (χ0v) is 9.88. The van der Waals surface area contributed by atoms with E-state index in [1.165, 1.54) is 12.8 Å². The molecular weight excluding hydrogens is 210 g/mol. The molecule has 82 valence electrons. The number of halogens is 1. The summed E-state index contributed by atoms with van der Waals surface area (Å²) in [5.74, 6) is 0.855. The second-order valence-corrected chi connectivity index (χ2v) is 5.05. The minimum atomic E-state index is 0.146. The van der Waals surface area contributed by atoms with Gasteiger partial charge in [0, 0.05) is 12.1 Å². The van der Waals surface area contributed by atoms with Crippen LogP contribution < -0.4 is 10.6 Å². The number of nitrogens with two attached hydrogens (primary N) is 1. The standard InChI is InChI=1S/C11H16ClN3/c1-11(2)4-3-5-15(11)10-9(12)6-8(13)7-14-10/h6-7H,3-5,13H2,1-2H3. The lowest BCUT2D eigenvalue weighted by Crippen LogP contribution is -2.38. The molecule has 0 atom stereocenters. The van der Waals surface area contributed by atoms with Gasteiger partial charge in [0.2, 0.25) is 0 Å². The summed E-state index contributed by atoms with van der Waals surface area (Å²) >= 11 is 6.15. The molecule has 2 N–H and O–H groups in total. The predicted molar refractivity (Wildman–Crippen MR) is 64.3 cm³/mol. The molecule has 0 radical (unpaired) electrons. The quantitative estimate of drug-likeness (QED) is 0.799. The highest BCUT2D eigenvalue weighted by atomic mass is 35.5. The Hall–Kier alpha value is -0.960. The maximum atomic E-state index is 6.15. The average molecular weight is 226 g/mol. The van der Waals surface area contributed by atoms with E-state index in [4.69, 9.17) is 17.3 Å². The van der Waals surface area contributed by atoms with Gasteiger partial charge >= 0.3 is 0 Å². The van der Waals surface area contributed by atoms with Crippen LogP contribution in [0.25, 0.3) is 0 Å². The van der Waals surface area contributed by atoms with Crippen LogP contribution in [0.3, 0.4) is 0 Å². The normalized spacial score (nSPS) is 19.5. The number of rotatable bonds is 1. The minimum absolute atomic E-state index is 0.146. The van der Waals surface area contributed by atoms with Crippen molar-refractivity contribution in [3.05, 3.63) is 17.3 Å². The van der Waals surface area contributed by atoms with E-state index < -0.39 is 0 Å². The lowest BCUT2D eigenvalue weighted by molar-refractivity contribution is 0.514. The van der Waals surface area contributed by atoms with Gasteiger partial charge in [-0.25, -0.2) is 4.98 Å². The van der Waals surface area contributed by atoms with E-state index in [1.54, 1.807) is 12.3 Å². The number of nitrogen functional groups attached to an aromatic ring is 1. The Labute approximate surface area is 95.2 Å². The molecule has 3 nitrogen and oxygen atoms in total. The van der Waals surface area contributed by atoms with Crippen molar-refractivity contribution in [1.29, 1.82) is 0 Å². The van der Waals surface area contributed by atoms with E-state index in [9.17, 15) is 0 Å². The van der Waals surface area contributed by atoms with Crippen molar-refractivity contribution in [2.24, 2.45) is 0 Å². The molecule has 0 aromatic carbocycles. The molecule has 0 spiro atoms. The molecule has 15 heavy (non-hydrogen) atoms. The predicted octanol–water partition coefficient (Wildman–Crippen LogP) is 2.70. The molecule has 0 saturated carbocycles. The van der Waals surface area contributed by atoms with E-state index in [0.717, 1.165) is 12.4 Å². The first kappa shape index (κ1) is 10.6. The van der Waals surface area contributed by atoms with Gasteiger partial charge in [-0.2, -0.15) is 0 Å². The van der Waals surface area contributed by atoms with Gasteiger partial charge in [0.05, 0.1) is 16.9 Å². The summed E-state index contributed by atoms with van der Waals surface area (Å²) in [7, 11) is 0. The molecular formula is C11H16ClN3. The molecule has 1 aromatic heterocycles. The zero-order valence-electron chi connectivity index (χ0n) is 9.13. The van der Waals surface area contributed by atoms with Gasteiger partial charge in [0.15, 0.2) is 0 Å². The van der Waals surface area contributed by atoms with Crippen molar-refractivity contribution < 1.29 is 0 Å². The van der Waals surface area contributed by atoms with Crippen molar-refractivity contribution in [1.82, 2.24) is 4.98 Å². The summed E-state index contributed by atoms with van der Waals surface area (Å²) in [6.45, 7) is 5.45. The van der Waals surface area contributed by atoms with Crippen LogP contribution in [0.5, 0.6) is 0 Å². The summed E-state index contributed by atoms with van der Waals surface area (Å²) < 4.78 is 0. The fraction of sp³-hybridized carbons (Fsp3) is 0.545. The van der Waals surface area contributed by atoms with E-state index in [2.05, 4.69) is 23.7 Å². The highest BCUT2D eigenvalue weighted by Gasteiger charge is 2.33. The molecule has 4 heteroatoms. The molecule has 0 aliphatic carbocycles. The number of pyridine rings is 1. The molecule has 2 heterocycles. The van der Waals surface area contributed by atoms with Crippen LogP contribution in [0.15, 0.2) is 12.3 Å². The van der Waals surface area contributed by atoms with Gasteiger partial charge in [-0.3, -0.25) is 0 Å². The fourth-order valence-corrected chi connectivity index (χ4v) is 2.42. The minimum Gasteiger partial charge on any atom is -0.397 e. The Bertz CT molecular complexity index is 376. The Kier molecular flexibility index (Phi) is 2.51. The summed E-state index contributed by atoms with van der Waals surface area (Å²) in [6, 6.07) is 1.76. The van der Waals surface area contributed by atoms with Crippen LogP contribution in [0.2, 0.25) is 5.02 Å². The van der Waals surface area contributed by atoms with Crippen molar-refractivity contribution in [3.63, 3.8) is 0 Å². The monoisotopic (exact) mass is 225 g/mol. The zero-order chi connectivity index (χ0) is 11.1. The first-order valence-electron chi connectivity index (χ1n) is 5.19. The van der Waals surface area contributed by atoms with E-state index in [-0.39, 0.29) is 5.54 Å². The van der Waals surface area contributed by atoms with Crippen molar-refractivity contribution in [2.75, 3.05) is 17.2 Å². The number of anilines is 2. The Balaban J connectivity index is 2.37. The second kappa shape index (κ2) is 3.56. The summed E-state index contributed by atoms with van der Waals surface area (Å²) in [4.78, 5) is 6.58. The third-order valence-electron chi connectivity index (χ3n) is 3.00. The molecule has 0 amide bonds. The van der Waals surface area contributed by atoms with Gasteiger partial charge in [-0.05, 0) is 32.8 Å². The van der Waals surface area contributed by atoms with Gasteiger partial charge in [-0.1, -0.05) is 11.6 Å². The average Bonchev–Trinajstić information content (AvgIpc) is 2.46. The Morgan fingerprint density at radius 3 is 2.80 bits per heavy atom. The molecule has 0 unspecified atom stereocenters. The van der Waals surface area contributed by atoms with Gasteiger partial charge < -0.3 is 10.6 Å². The molecule has 1 aliphatic rings. The van der Waals surface area contributed by atoms with Gasteiger partial charge in [0.1, 0.15) is 5.82 Å². The molecule has 0 bridgehead atoms. The topological polar surface area (TPSA) is 42.2 Å². The second-order valence-electron chi connectivity index (χ2n) is 4.64. The van der Waals surface area contributed by atoms with Gasteiger partial charge in [-0.15, -0.1) is 0 Å². The summed E-state index contributed by atoms with van der Waals surface area (Å²) in [6.07, 6.45) is 4.03. The number of hydrogen-bond donors (Lipinski definition) is 1. The van der Waals surface area contributed by atoms with Crippen LogP contribution >= 0.6 is 11.6 Å². The van der Waals surface area contributed by atoms with Crippen LogP contribution in [0.4, 0.5) is 11.5 Å². The lowest BCUT2D eigenvalue weighted by Gasteiger charge is -2.33. The Morgan fingerprint density at radius 1 is 1.53 bits per heavy atom. The first-order valence-corrected chi connectivity index (χ1v) is 5.57. The van der Waals surface area contributed by atoms with Crippen molar-refractivity contribution in [3.8, 4) is 0 Å². The number of nitrogens with zero attached hydrogens (tertiary/aromatic N) is 2. The lowest BCUT2D eigenvalue weighted by atomic mass is 10.0. The van der Waals surface area contributed by atoms with Crippen molar-refractivity contribution >= 4 is 23.1 Å². The maximum absolute atomic E-state index is 6.15. The summed E-state index contributed by atoms with van der Waals surface area (Å²) in [5.41, 5.74) is 6.39. The van der Waals surface area contributed by atoms with Crippen molar-refractivity contribution in [2.45, 2.75) is 32.2 Å². The molecule has 1 saturated heterocycles. The SMILES string of the molecule is CC1(C)CCCN1c1ncc(N)cc1Cl. The molecule has 1 fully saturated rings. The van der Waals surface area contributed by atoms with Crippen LogP contribution in [0, 0.1) is 0 Å². The smallest absolute Gasteiger partial charge is 0.147 e. The van der Waals surface area contributed by atoms with E-state index in [0.29, 0.717) is 10.7 Å². The highest BCUT2D eigenvalue weighted by molar-refractivity contribution is 6.33.